The van der Waals surface area contributed by atoms with Gasteiger partial charge in [0.2, 0.25) is 0 Å². The molecular weight excluding hydrogens is 364 g/mol. The van der Waals surface area contributed by atoms with Crippen LogP contribution in [0.1, 0.15) is 32.2 Å². The summed E-state index contributed by atoms with van der Waals surface area (Å²) in [7, 11) is 3.28. The zero-order chi connectivity index (χ0) is 20.0. The molecule has 1 aromatic heterocycles. The molecule has 2 rings (SSSR count). The maximum Gasteiger partial charge on any atom is 0.346 e. The molecule has 9 heteroatoms. The lowest BCUT2D eigenvalue weighted by molar-refractivity contribution is -0.118. The summed E-state index contributed by atoms with van der Waals surface area (Å²) in [5.41, 5.74) is 3.04. The molecule has 1 heterocycles. The molecule has 144 valence electrons. The highest BCUT2D eigenvalue weighted by molar-refractivity contribution is 7.99. The topological polar surface area (TPSA) is 92.5 Å². The van der Waals surface area contributed by atoms with Gasteiger partial charge in [0.1, 0.15) is 0 Å². The Hall–Kier alpha value is -2.68. The van der Waals surface area contributed by atoms with Crippen molar-refractivity contribution in [1.29, 1.82) is 0 Å². The van der Waals surface area contributed by atoms with E-state index in [0.717, 1.165) is 17.3 Å². The van der Waals surface area contributed by atoms with Gasteiger partial charge < -0.3 is 4.90 Å². The Morgan fingerprint density at radius 1 is 1.26 bits per heavy atom. The Labute approximate surface area is 163 Å². The third-order valence-electron chi connectivity index (χ3n) is 3.35. The smallest absolute Gasteiger partial charge is 0.329 e. The van der Waals surface area contributed by atoms with Crippen molar-refractivity contribution >= 4 is 29.9 Å². The van der Waals surface area contributed by atoms with Gasteiger partial charge in [-0.2, -0.15) is 9.78 Å². The maximum atomic E-state index is 12.3. The van der Waals surface area contributed by atoms with Gasteiger partial charge in [-0.05, 0) is 5.56 Å². The van der Waals surface area contributed by atoms with Crippen molar-refractivity contribution < 1.29 is 9.59 Å². The van der Waals surface area contributed by atoms with E-state index in [2.05, 4.69) is 20.6 Å². The molecule has 0 aliphatic rings. The molecule has 0 unspecified atom stereocenters. The van der Waals surface area contributed by atoms with Crippen molar-refractivity contribution in [3.05, 3.63) is 41.7 Å². The van der Waals surface area contributed by atoms with Gasteiger partial charge in [0.15, 0.2) is 11.0 Å². The molecule has 0 bridgehead atoms. The molecule has 0 fully saturated rings. The number of hydrogen-bond acceptors (Lipinski definition) is 6. The summed E-state index contributed by atoms with van der Waals surface area (Å²) in [5, 5.41) is 8.62. The van der Waals surface area contributed by atoms with Crippen LogP contribution in [0.15, 0.2) is 40.6 Å². The fraction of sp³-hybridized carbons (Fsp3) is 0.389. The molecule has 2 amide bonds. The quantitative estimate of drug-likeness (QED) is 0.482. The first kappa shape index (κ1) is 20.6. The van der Waals surface area contributed by atoms with Crippen molar-refractivity contribution in [3.63, 3.8) is 0 Å². The molecule has 0 aliphatic carbocycles. The predicted molar refractivity (Wildman–Crippen MR) is 106 cm³/mol. The van der Waals surface area contributed by atoms with Crippen LogP contribution < -0.4 is 5.43 Å². The number of aromatic nitrogens is 3. The number of benzene rings is 1. The number of carbonyl (C=O) groups is 2. The standard InChI is InChI=1S/C18H24N6O2S/c1-18(2,3)15-20-16(24(22-15)17(26)23(4)5)27-12-14(25)21-19-11-13-9-7-6-8-10-13/h6-11H,12H2,1-5H3,(H,21,25)/b19-11+. The summed E-state index contributed by atoms with van der Waals surface area (Å²) in [4.78, 5) is 30.2. The summed E-state index contributed by atoms with van der Waals surface area (Å²) in [5.74, 6) is 0.314. The molecule has 8 nitrogen and oxygen atoms in total. The lowest BCUT2D eigenvalue weighted by Gasteiger charge is -2.13. The summed E-state index contributed by atoms with van der Waals surface area (Å²) in [6.07, 6.45) is 1.57. The minimum absolute atomic E-state index is 0.0646. The second-order valence-electron chi connectivity index (χ2n) is 7.05. The fourth-order valence-corrected chi connectivity index (χ4v) is 2.62. The number of hydrazone groups is 1. The average Bonchev–Trinajstić information content (AvgIpc) is 3.04. The van der Waals surface area contributed by atoms with Crippen LogP contribution in [0.3, 0.4) is 0 Å². The number of nitrogens with one attached hydrogen (secondary N) is 1. The highest BCUT2D eigenvalue weighted by atomic mass is 32.2. The van der Waals surface area contributed by atoms with Crippen LogP contribution in [-0.4, -0.2) is 57.7 Å². The second-order valence-corrected chi connectivity index (χ2v) is 7.99. The van der Waals surface area contributed by atoms with Gasteiger partial charge in [0.25, 0.3) is 5.91 Å². The maximum absolute atomic E-state index is 12.3. The van der Waals surface area contributed by atoms with Crippen molar-refractivity contribution in [1.82, 2.24) is 25.1 Å². The van der Waals surface area contributed by atoms with Gasteiger partial charge in [0, 0.05) is 19.5 Å². The zero-order valence-electron chi connectivity index (χ0n) is 16.1. The minimum Gasteiger partial charge on any atom is -0.329 e. The molecule has 0 atom stereocenters. The summed E-state index contributed by atoms with van der Waals surface area (Å²) in [6, 6.07) is 9.13. The van der Waals surface area contributed by atoms with Gasteiger partial charge in [-0.1, -0.05) is 62.9 Å². The van der Waals surface area contributed by atoms with Gasteiger partial charge in [0.05, 0.1) is 12.0 Å². The normalized spacial score (nSPS) is 11.6. The first-order chi connectivity index (χ1) is 12.7. The van der Waals surface area contributed by atoms with Crippen LogP contribution in [0, 0.1) is 0 Å². The lowest BCUT2D eigenvalue weighted by Crippen LogP contribution is -2.29. The molecule has 1 N–H and O–H groups in total. The molecule has 0 radical (unpaired) electrons. The summed E-state index contributed by atoms with van der Waals surface area (Å²) in [6.45, 7) is 5.89. The molecule has 0 aliphatic heterocycles. The van der Waals surface area contributed by atoms with E-state index in [1.54, 1.807) is 20.3 Å². The lowest BCUT2D eigenvalue weighted by atomic mass is 9.96. The van der Waals surface area contributed by atoms with E-state index < -0.39 is 0 Å². The SMILES string of the molecule is CN(C)C(=O)n1nc(C(C)(C)C)nc1SCC(=O)N/N=C/c1ccccc1. The van der Waals surface area contributed by atoms with Gasteiger partial charge >= 0.3 is 6.03 Å². The molecule has 2 aromatic rings. The Bertz CT molecular complexity index is 824. The Balaban J connectivity index is 2.03. The molecule has 0 saturated carbocycles. The van der Waals surface area contributed by atoms with Crippen LogP contribution in [0.4, 0.5) is 4.79 Å². The summed E-state index contributed by atoms with van der Waals surface area (Å²) >= 11 is 1.14. The van der Waals surface area contributed by atoms with E-state index in [-0.39, 0.29) is 23.1 Å². The van der Waals surface area contributed by atoms with Gasteiger partial charge in [-0.3, -0.25) is 4.79 Å². The van der Waals surface area contributed by atoms with Crippen molar-refractivity contribution in [3.8, 4) is 0 Å². The first-order valence-electron chi connectivity index (χ1n) is 8.37. The highest BCUT2D eigenvalue weighted by Crippen LogP contribution is 2.23. The van der Waals surface area contributed by atoms with Crippen molar-refractivity contribution in [2.24, 2.45) is 5.10 Å². The Morgan fingerprint density at radius 3 is 2.52 bits per heavy atom. The Morgan fingerprint density at radius 2 is 1.93 bits per heavy atom. The molecule has 0 spiro atoms. The molecule has 27 heavy (non-hydrogen) atoms. The number of nitrogens with zero attached hydrogens (tertiary/aromatic N) is 5. The molecule has 1 aromatic carbocycles. The molecular formula is C18H24N6O2S. The number of carbonyl (C=O) groups excluding carboxylic acids is 2. The minimum atomic E-state index is -0.317. The average molecular weight is 388 g/mol. The number of thioether (sulfide) groups is 1. The molecule has 0 saturated heterocycles. The third kappa shape index (κ3) is 5.92. The van der Waals surface area contributed by atoms with Crippen LogP contribution >= 0.6 is 11.8 Å². The van der Waals surface area contributed by atoms with E-state index in [1.165, 1.54) is 9.58 Å². The van der Waals surface area contributed by atoms with E-state index in [4.69, 9.17) is 0 Å². The van der Waals surface area contributed by atoms with Crippen molar-refractivity contribution in [2.45, 2.75) is 31.3 Å². The van der Waals surface area contributed by atoms with Crippen LogP contribution in [0.25, 0.3) is 0 Å². The monoisotopic (exact) mass is 388 g/mol. The largest absolute Gasteiger partial charge is 0.346 e. The van der Waals surface area contributed by atoms with Crippen LogP contribution in [-0.2, 0) is 10.2 Å². The number of hydrogen-bond donors (Lipinski definition) is 1. The Kier molecular flexibility index (Phi) is 6.73. The number of amides is 2. The summed E-state index contributed by atoms with van der Waals surface area (Å²) < 4.78 is 1.23. The first-order valence-corrected chi connectivity index (χ1v) is 9.36. The van der Waals surface area contributed by atoms with Gasteiger partial charge in [-0.15, -0.1) is 5.10 Å². The van der Waals surface area contributed by atoms with E-state index in [1.807, 2.05) is 51.1 Å². The van der Waals surface area contributed by atoms with Crippen LogP contribution in [0.2, 0.25) is 0 Å². The van der Waals surface area contributed by atoms with E-state index in [9.17, 15) is 9.59 Å². The number of rotatable bonds is 5. The van der Waals surface area contributed by atoms with Crippen molar-refractivity contribution in [2.75, 3.05) is 19.8 Å². The fourth-order valence-electron chi connectivity index (χ4n) is 1.90. The highest BCUT2D eigenvalue weighted by Gasteiger charge is 2.25. The van der Waals surface area contributed by atoms with Gasteiger partial charge in [-0.25, -0.2) is 15.2 Å². The van der Waals surface area contributed by atoms with E-state index in [0.29, 0.717) is 11.0 Å². The zero-order valence-corrected chi connectivity index (χ0v) is 16.9. The van der Waals surface area contributed by atoms with Crippen LogP contribution in [0.5, 0.6) is 0 Å². The van der Waals surface area contributed by atoms with E-state index >= 15 is 0 Å². The second kappa shape index (κ2) is 8.81. The third-order valence-corrected chi connectivity index (χ3v) is 4.28. The predicted octanol–water partition coefficient (Wildman–Crippen LogP) is 2.35.